The molecule has 3 aromatic carbocycles. The third-order valence-corrected chi connectivity index (χ3v) is 7.74. The molecule has 3 amide bonds. The standard InChI is InChI=1S/C33H32N4O6S2/c1-3-42-28-16-9-8-13-23(28)17-27(36-31(40)22-11-6-5-7-12-22)32(41)34-24-14-10-15-26(18-24)44-21-29(38)37-33-35-25(20-45-33)19-30(39)43-4-2/h5-18,20H,3-4,19,21H2,1-2H3,(H,34,41)(H,36,40)(H,35,37,38)/b27-17+. The van der Waals surface area contributed by atoms with Crippen molar-refractivity contribution in [3.63, 3.8) is 0 Å². The molecule has 0 atom stereocenters. The maximum Gasteiger partial charge on any atom is 0.311 e. The fraction of sp³-hybridized carbons (Fsp3) is 0.182. The van der Waals surface area contributed by atoms with Crippen LogP contribution < -0.4 is 20.7 Å². The smallest absolute Gasteiger partial charge is 0.311 e. The van der Waals surface area contributed by atoms with Gasteiger partial charge in [-0.15, -0.1) is 23.1 Å². The third kappa shape index (κ3) is 10.3. The van der Waals surface area contributed by atoms with Crippen LogP contribution in [0.15, 0.2) is 94.8 Å². The van der Waals surface area contributed by atoms with Crippen molar-refractivity contribution in [3.8, 4) is 5.75 Å². The molecule has 0 radical (unpaired) electrons. The van der Waals surface area contributed by atoms with Crippen LogP contribution in [0.1, 0.15) is 35.5 Å². The van der Waals surface area contributed by atoms with Crippen molar-refractivity contribution in [1.29, 1.82) is 0 Å². The molecule has 4 rings (SSSR count). The highest BCUT2D eigenvalue weighted by atomic mass is 32.2. The molecular weight excluding hydrogens is 613 g/mol. The maximum atomic E-state index is 13.5. The molecule has 3 N–H and O–H groups in total. The lowest BCUT2D eigenvalue weighted by molar-refractivity contribution is -0.142. The SMILES string of the molecule is CCOC(=O)Cc1csc(NC(=O)CSc2cccc(NC(=O)/C(=C\c3ccccc3OCC)NC(=O)c3ccccc3)c2)n1. The number of nitrogens with zero attached hydrogens (tertiary/aromatic N) is 1. The Bertz CT molecular complexity index is 1670. The number of carbonyl (C=O) groups excluding carboxylic acids is 4. The number of nitrogens with one attached hydrogen (secondary N) is 3. The first-order valence-corrected chi connectivity index (χ1v) is 15.9. The highest BCUT2D eigenvalue weighted by molar-refractivity contribution is 8.00. The van der Waals surface area contributed by atoms with Crippen LogP contribution >= 0.6 is 23.1 Å². The van der Waals surface area contributed by atoms with Crippen LogP contribution in [0.2, 0.25) is 0 Å². The molecule has 0 aliphatic carbocycles. The first-order valence-electron chi connectivity index (χ1n) is 14.1. The van der Waals surface area contributed by atoms with E-state index < -0.39 is 11.8 Å². The highest BCUT2D eigenvalue weighted by Gasteiger charge is 2.17. The second-order valence-corrected chi connectivity index (χ2v) is 11.2. The molecule has 0 bridgehead atoms. The number of ether oxygens (including phenoxy) is 2. The molecule has 1 aromatic heterocycles. The fourth-order valence-electron chi connectivity index (χ4n) is 3.96. The van der Waals surface area contributed by atoms with E-state index in [1.807, 2.05) is 25.1 Å². The minimum atomic E-state index is -0.534. The number of thiazole rings is 1. The molecule has 0 unspecified atom stereocenters. The topological polar surface area (TPSA) is 136 Å². The highest BCUT2D eigenvalue weighted by Crippen LogP contribution is 2.24. The number of rotatable bonds is 14. The van der Waals surface area contributed by atoms with E-state index in [-0.39, 0.29) is 29.7 Å². The molecule has 0 fully saturated rings. The summed E-state index contributed by atoms with van der Waals surface area (Å²) in [6, 6.07) is 22.9. The van der Waals surface area contributed by atoms with Gasteiger partial charge in [-0.05, 0) is 56.3 Å². The van der Waals surface area contributed by atoms with E-state index in [1.165, 1.54) is 23.1 Å². The van der Waals surface area contributed by atoms with Crippen molar-refractivity contribution < 1.29 is 28.7 Å². The third-order valence-electron chi connectivity index (χ3n) is 5.94. The predicted molar refractivity (Wildman–Crippen MR) is 176 cm³/mol. The number of esters is 1. The van der Waals surface area contributed by atoms with E-state index in [4.69, 9.17) is 9.47 Å². The van der Waals surface area contributed by atoms with Crippen LogP contribution in [0.5, 0.6) is 5.75 Å². The van der Waals surface area contributed by atoms with E-state index >= 15 is 0 Å². The van der Waals surface area contributed by atoms with Gasteiger partial charge in [0.1, 0.15) is 11.4 Å². The largest absolute Gasteiger partial charge is 0.493 e. The molecule has 0 aliphatic rings. The molecular formula is C33H32N4O6S2. The normalized spacial score (nSPS) is 10.9. The number of hydrogen-bond donors (Lipinski definition) is 3. The van der Waals surface area contributed by atoms with Crippen LogP contribution in [0.25, 0.3) is 6.08 Å². The lowest BCUT2D eigenvalue weighted by Crippen LogP contribution is -2.30. The molecule has 0 aliphatic heterocycles. The molecule has 0 spiro atoms. The summed E-state index contributed by atoms with van der Waals surface area (Å²) in [5, 5.41) is 10.4. The van der Waals surface area contributed by atoms with E-state index in [0.29, 0.717) is 46.6 Å². The fourth-order valence-corrected chi connectivity index (χ4v) is 5.44. The van der Waals surface area contributed by atoms with Crippen LogP contribution in [0, 0.1) is 0 Å². The molecule has 4 aromatic rings. The Morgan fingerprint density at radius 3 is 2.47 bits per heavy atom. The van der Waals surface area contributed by atoms with Gasteiger partial charge in [-0.3, -0.25) is 19.2 Å². The average Bonchev–Trinajstić information content (AvgIpc) is 3.47. The molecule has 0 saturated carbocycles. The number of anilines is 2. The van der Waals surface area contributed by atoms with Gasteiger partial charge in [0.15, 0.2) is 5.13 Å². The van der Waals surface area contributed by atoms with Gasteiger partial charge in [-0.25, -0.2) is 4.98 Å². The zero-order valence-corrected chi connectivity index (χ0v) is 26.3. The van der Waals surface area contributed by atoms with Crippen LogP contribution in [0.4, 0.5) is 10.8 Å². The van der Waals surface area contributed by atoms with Gasteiger partial charge in [-0.1, -0.05) is 42.5 Å². The second-order valence-electron chi connectivity index (χ2n) is 9.29. The Balaban J connectivity index is 1.42. The second kappa shape index (κ2) is 16.8. The quantitative estimate of drug-likeness (QED) is 0.0892. The molecule has 232 valence electrons. The number of aromatic nitrogens is 1. The first kappa shape index (κ1) is 33.0. The van der Waals surface area contributed by atoms with Crippen molar-refractivity contribution in [3.05, 3.63) is 107 Å². The van der Waals surface area contributed by atoms with Gasteiger partial charge in [0.05, 0.1) is 31.1 Å². The van der Waals surface area contributed by atoms with Gasteiger partial charge in [-0.2, -0.15) is 0 Å². The summed E-state index contributed by atoms with van der Waals surface area (Å²) in [4.78, 5) is 55.7. The lowest BCUT2D eigenvalue weighted by Gasteiger charge is -2.13. The number of amides is 3. The van der Waals surface area contributed by atoms with Gasteiger partial charge >= 0.3 is 5.97 Å². The zero-order valence-electron chi connectivity index (χ0n) is 24.7. The number of benzene rings is 3. The molecule has 10 nitrogen and oxygen atoms in total. The number of carbonyl (C=O) groups is 4. The van der Waals surface area contributed by atoms with Gasteiger partial charge in [0.25, 0.3) is 11.8 Å². The Kier molecular flexibility index (Phi) is 12.3. The van der Waals surface area contributed by atoms with Gasteiger partial charge in [0.2, 0.25) is 5.91 Å². The van der Waals surface area contributed by atoms with E-state index in [0.717, 1.165) is 4.90 Å². The van der Waals surface area contributed by atoms with E-state index in [2.05, 4.69) is 20.9 Å². The molecule has 0 saturated heterocycles. The summed E-state index contributed by atoms with van der Waals surface area (Å²) < 4.78 is 10.6. The number of hydrogen-bond acceptors (Lipinski definition) is 9. The molecule has 45 heavy (non-hydrogen) atoms. The first-order chi connectivity index (χ1) is 21.8. The van der Waals surface area contributed by atoms with Gasteiger partial charge in [0, 0.05) is 27.1 Å². The summed E-state index contributed by atoms with van der Waals surface area (Å²) >= 11 is 2.51. The Morgan fingerprint density at radius 1 is 0.911 bits per heavy atom. The summed E-state index contributed by atoms with van der Waals surface area (Å²) in [7, 11) is 0. The van der Waals surface area contributed by atoms with Crippen LogP contribution in [-0.2, 0) is 25.5 Å². The van der Waals surface area contributed by atoms with E-state index in [1.54, 1.807) is 79.0 Å². The maximum absolute atomic E-state index is 13.5. The van der Waals surface area contributed by atoms with E-state index in [9.17, 15) is 19.2 Å². The average molecular weight is 645 g/mol. The van der Waals surface area contributed by atoms with Crippen molar-refractivity contribution in [2.45, 2.75) is 25.2 Å². The summed E-state index contributed by atoms with van der Waals surface area (Å²) in [5.74, 6) is -0.948. The van der Waals surface area contributed by atoms with Gasteiger partial charge < -0.3 is 25.4 Å². The Hall–Kier alpha value is -4.94. The molecule has 12 heteroatoms. The lowest BCUT2D eigenvalue weighted by atomic mass is 10.1. The Labute approximate surface area is 269 Å². The predicted octanol–water partition coefficient (Wildman–Crippen LogP) is 5.79. The minimum Gasteiger partial charge on any atom is -0.493 e. The van der Waals surface area contributed by atoms with Crippen molar-refractivity contribution in [2.24, 2.45) is 0 Å². The summed E-state index contributed by atoms with van der Waals surface area (Å²) in [6.07, 6.45) is 1.61. The van der Waals surface area contributed by atoms with Crippen molar-refractivity contribution in [1.82, 2.24) is 10.3 Å². The van der Waals surface area contributed by atoms with Crippen LogP contribution in [-0.4, -0.2) is 47.6 Å². The zero-order chi connectivity index (χ0) is 32.0. The number of thioether (sulfide) groups is 1. The van der Waals surface area contributed by atoms with Crippen molar-refractivity contribution >= 4 is 63.7 Å². The molecule has 1 heterocycles. The summed E-state index contributed by atoms with van der Waals surface area (Å²) in [6.45, 7) is 4.33. The monoisotopic (exact) mass is 644 g/mol. The summed E-state index contributed by atoms with van der Waals surface area (Å²) in [5.41, 5.74) is 2.06. The minimum absolute atomic E-state index is 0.0270. The van der Waals surface area contributed by atoms with Crippen LogP contribution in [0.3, 0.4) is 0 Å². The number of para-hydroxylation sites is 1. The Morgan fingerprint density at radius 2 is 1.69 bits per heavy atom. The van der Waals surface area contributed by atoms with Crippen molar-refractivity contribution in [2.75, 3.05) is 29.6 Å².